The first-order valence-corrected chi connectivity index (χ1v) is 12.2. The van der Waals surface area contributed by atoms with Gasteiger partial charge in [-0.2, -0.15) is 0 Å². The highest BCUT2D eigenvalue weighted by molar-refractivity contribution is 7.92. The van der Waals surface area contributed by atoms with Gasteiger partial charge in [-0.1, -0.05) is 30.3 Å². The van der Waals surface area contributed by atoms with E-state index in [1.807, 2.05) is 30.3 Å². The molecule has 0 unspecified atom stereocenters. The Morgan fingerprint density at radius 1 is 1.00 bits per heavy atom. The molecule has 3 aromatic carbocycles. The Balaban J connectivity index is 1.63. The van der Waals surface area contributed by atoms with Gasteiger partial charge in [-0.05, 0) is 47.3 Å². The Kier molecular flexibility index (Phi) is 5.94. The molecule has 1 N–H and O–H groups in total. The van der Waals surface area contributed by atoms with Crippen LogP contribution in [0.25, 0.3) is 10.1 Å². The van der Waals surface area contributed by atoms with E-state index in [4.69, 9.17) is 0 Å². The number of sulfonamides is 1. The number of nitrogens with one attached hydrogen (secondary N) is 1. The summed E-state index contributed by atoms with van der Waals surface area (Å²) in [6.45, 7) is 0.173. The molecule has 0 radical (unpaired) electrons. The summed E-state index contributed by atoms with van der Waals surface area (Å²) in [6.07, 6.45) is 1.14. The summed E-state index contributed by atoms with van der Waals surface area (Å²) in [6, 6.07) is 18.9. The molecule has 4 aromatic rings. The molecule has 0 saturated heterocycles. The number of hydrogen-bond acceptors (Lipinski definition) is 4. The van der Waals surface area contributed by atoms with Crippen molar-refractivity contribution in [2.45, 2.75) is 6.54 Å². The van der Waals surface area contributed by atoms with Crippen molar-refractivity contribution < 1.29 is 22.0 Å². The number of rotatable bonds is 6. The van der Waals surface area contributed by atoms with Crippen LogP contribution in [0.3, 0.4) is 0 Å². The van der Waals surface area contributed by atoms with Gasteiger partial charge < -0.3 is 5.32 Å². The lowest BCUT2D eigenvalue weighted by molar-refractivity contribution is 0.103. The first-order valence-electron chi connectivity index (χ1n) is 9.52. The van der Waals surface area contributed by atoms with Gasteiger partial charge in [0, 0.05) is 10.8 Å². The predicted octanol–water partition coefficient (Wildman–Crippen LogP) is 5.40. The molecule has 0 aliphatic heterocycles. The van der Waals surface area contributed by atoms with Crippen LogP contribution in [0.5, 0.6) is 0 Å². The molecule has 0 aliphatic rings. The SMILES string of the molecule is CS(=O)(=O)N(Cc1ccccc1)c1ccc2sc(C(=O)Nc3ccc(F)cc3F)cc2c1. The summed E-state index contributed by atoms with van der Waals surface area (Å²) in [5.74, 6) is -2.14. The maximum Gasteiger partial charge on any atom is 0.265 e. The number of anilines is 2. The van der Waals surface area contributed by atoms with E-state index in [1.165, 1.54) is 15.6 Å². The molecule has 0 saturated carbocycles. The summed E-state index contributed by atoms with van der Waals surface area (Å²) >= 11 is 1.19. The second-order valence-electron chi connectivity index (χ2n) is 7.17. The van der Waals surface area contributed by atoms with Crippen LogP contribution in [0.4, 0.5) is 20.2 Å². The van der Waals surface area contributed by atoms with E-state index in [9.17, 15) is 22.0 Å². The van der Waals surface area contributed by atoms with Crippen LogP contribution in [0.1, 0.15) is 15.2 Å². The maximum absolute atomic E-state index is 13.8. The van der Waals surface area contributed by atoms with Gasteiger partial charge in [0.25, 0.3) is 5.91 Å². The largest absolute Gasteiger partial charge is 0.319 e. The first kappa shape index (κ1) is 21.9. The number of hydrogen-bond donors (Lipinski definition) is 1. The van der Waals surface area contributed by atoms with Crippen molar-refractivity contribution in [1.29, 1.82) is 0 Å². The van der Waals surface area contributed by atoms with Crippen LogP contribution in [-0.2, 0) is 16.6 Å². The fourth-order valence-corrected chi connectivity index (χ4v) is 5.04. The summed E-state index contributed by atoms with van der Waals surface area (Å²) in [7, 11) is -3.56. The molecule has 0 bridgehead atoms. The average Bonchev–Trinajstić information content (AvgIpc) is 3.17. The topological polar surface area (TPSA) is 66.5 Å². The van der Waals surface area contributed by atoms with Crippen LogP contribution in [0.2, 0.25) is 0 Å². The van der Waals surface area contributed by atoms with Gasteiger partial charge in [-0.15, -0.1) is 11.3 Å². The molecular formula is C23H18F2N2O3S2. The van der Waals surface area contributed by atoms with Crippen molar-refractivity contribution in [1.82, 2.24) is 0 Å². The quantitative estimate of drug-likeness (QED) is 0.409. The molecule has 0 atom stereocenters. The van der Waals surface area contributed by atoms with Crippen LogP contribution in [0.15, 0.2) is 72.8 Å². The van der Waals surface area contributed by atoms with E-state index >= 15 is 0 Å². The first-order chi connectivity index (χ1) is 15.2. The second kappa shape index (κ2) is 8.68. The molecule has 4 rings (SSSR count). The molecule has 1 aromatic heterocycles. The minimum absolute atomic E-state index is 0.124. The van der Waals surface area contributed by atoms with Crippen molar-refractivity contribution in [2.24, 2.45) is 0 Å². The third kappa shape index (κ3) is 4.79. The van der Waals surface area contributed by atoms with E-state index in [-0.39, 0.29) is 12.2 Å². The Morgan fingerprint density at radius 2 is 1.75 bits per heavy atom. The predicted molar refractivity (Wildman–Crippen MR) is 124 cm³/mol. The lowest BCUT2D eigenvalue weighted by atomic mass is 10.2. The molecule has 164 valence electrons. The van der Waals surface area contributed by atoms with Gasteiger partial charge in [-0.25, -0.2) is 17.2 Å². The number of thiophene rings is 1. The van der Waals surface area contributed by atoms with Crippen molar-refractivity contribution in [2.75, 3.05) is 15.9 Å². The maximum atomic E-state index is 13.8. The smallest absolute Gasteiger partial charge is 0.265 e. The molecule has 1 heterocycles. The Labute approximate surface area is 188 Å². The second-order valence-corrected chi connectivity index (χ2v) is 10.2. The molecule has 5 nitrogen and oxygen atoms in total. The standard InChI is InChI=1S/C23H18F2N2O3S2/c1-32(29,30)27(14-15-5-3-2-4-6-15)18-8-10-21-16(11-18)12-22(31-21)23(28)26-20-9-7-17(24)13-19(20)25/h2-13H,14H2,1H3,(H,26,28). The molecule has 9 heteroatoms. The van der Waals surface area contributed by atoms with Crippen molar-refractivity contribution in [3.63, 3.8) is 0 Å². The number of carbonyl (C=O) groups is 1. The third-order valence-electron chi connectivity index (χ3n) is 4.76. The minimum Gasteiger partial charge on any atom is -0.319 e. The van der Waals surface area contributed by atoms with E-state index in [2.05, 4.69) is 5.32 Å². The molecule has 1 amide bonds. The monoisotopic (exact) mass is 472 g/mol. The molecule has 0 fully saturated rings. The lowest BCUT2D eigenvalue weighted by Crippen LogP contribution is -2.29. The van der Waals surface area contributed by atoms with E-state index in [0.29, 0.717) is 22.0 Å². The lowest BCUT2D eigenvalue weighted by Gasteiger charge is -2.22. The normalized spacial score (nSPS) is 11.5. The zero-order valence-electron chi connectivity index (χ0n) is 16.9. The fourth-order valence-electron chi connectivity index (χ4n) is 3.22. The van der Waals surface area contributed by atoms with Crippen LogP contribution < -0.4 is 9.62 Å². The van der Waals surface area contributed by atoms with E-state index in [0.717, 1.165) is 28.7 Å². The van der Waals surface area contributed by atoms with Crippen LogP contribution >= 0.6 is 11.3 Å². The summed E-state index contributed by atoms with van der Waals surface area (Å²) in [4.78, 5) is 12.9. The number of benzene rings is 3. The molecular weight excluding hydrogens is 454 g/mol. The Morgan fingerprint density at radius 3 is 2.44 bits per heavy atom. The molecule has 0 aliphatic carbocycles. The van der Waals surface area contributed by atoms with Gasteiger partial charge >= 0.3 is 0 Å². The Bertz CT molecular complexity index is 1400. The van der Waals surface area contributed by atoms with Crippen LogP contribution in [0, 0.1) is 11.6 Å². The Hall–Kier alpha value is -3.30. The van der Waals surface area contributed by atoms with Gasteiger partial charge in [-0.3, -0.25) is 9.10 Å². The fraction of sp³-hybridized carbons (Fsp3) is 0.0870. The highest BCUT2D eigenvalue weighted by atomic mass is 32.2. The van der Waals surface area contributed by atoms with Crippen LogP contribution in [-0.4, -0.2) is 20.6 Å². The molecule has 32 heavy (non-hydrogen) atoms. The van der Waals surface area contributed by atoms with Gasteiger partial charge in [0.1, 0.15) is 11.6 Å². The van der Waals surface area contributed by atoms with Gasteiger partial charge in [0.05, 0.1) is 29.1 Å². The highest BCUT2D eigenvalue weighted by Gasteiger charge is 2.19. The number of amides is 1. The number of nitrogens with zero attached hydrogens (tertiary/aromatic N) is 1. The van der Waals surface area contributed by atoms with E-state index < -0.39 is 27.6 Å². The van der Waals surface area contributed by atoms with Crippen molar-refractivity contribution >= 4 is 48.7 Å². The zero-order valence-corrected chi connectivity index (χ0v) is 18.5. The molecule has 0 spiro atoms. The number of halogens is 2. The van der Waals surface area contributed by atoms with Gasteiger partial charge in [0.2, 0.25) is 10.0 Å². The minimum atomic E-state index is -3.56. The third-order valence-corrected chi connectivity index (χ3v) is 7.02. The zero-order chi connectivity index (χ0) is 22.9. The summed E-state index contributed by atoms with van der Waals surface area (Å²) in [5, 5.41) is 3.11. The number of fused-ring (bicyclic) bond motifs is 1. The number of carbonyl (C=O) groups excluding carboxylic acids is 1. The summed E-state index contributed by atoms with van der Waals surface area (Å²) in [5.41, 5.74) is 1.18. The average molecular weight is 473 g/mol. The van der Waals surface area contributed by atoms with Crippen molar-refractivity contribution in [3.05, 3.63) is 94.9 Å². The van der Waals surface area contributed by atoms with Gasteiger partial charge in [0.15, 0.2) is 0 Å². The van der Waals surface area contributed by atoms with E-state index in [1.54, 1.807) is 24.3 Å². The van der Waals surface area contributed by atoms with Crippen molar-refractivity contribution in [3.8, 4) is 0 Å². The highest BCUT2D eigenvalue weighted by Crippen LogP contribution is 2.31. The summed E-state index contributed by atoms with van der Waals surface area (Å²) < 4.78 is 53.9.